The molecule has 0 rings (SSSR count). The van der Waals surface area contributed by atoms with Gasteiger partial charge in [0.05, 0.1) is 0 Å². The predicted octanol–water partition coefficient (Wildman–Crippen LogP) is 1.68. The third-order valence-electron chi connectivity index (χ3n) is 2.15. The molecule has 2 N–H and O–H groups in total. The normalized spacial score (nSPS) is 13.5. The van der Waals surface area contributed by atoms with Crippen molar-refractivity contribution in [2.24, 2.45) is 5.41 Å². The van der Waals surface area contributed by atoms with Gasteiger partial charge in [0.25, 0.3) is 9.28 Å². The van der Waals surface area contributed by atoms with Gasteiger partial charge < -0.3 is 14.5 Å². The minimum Gasteiger partial charge on any atom is -0.313 e. The second kappa shape index (κ2) is 6.74. The van der Waals surface area contributed by atoms with Crippen LogP contribution in [0.3, 0.4) is 0 Å². The van der Waals surface area contributed by atoms with Gasteiger partial charge in [-0.1, -0.05) is 48.5 Å². The molecule has 0 atom stereocenters. The van der Waals surface area contributed by atoms with Crippen molar-refractivity contribution in [3.05, 3.63) is 0 Å². The van der Waals surface area contributed by atoms with Gasteiger partial charge in [-0.05, 0) is 31.1 Å². The lowest BCUT2D eigenvalue weighted by Crippen LogP contribution is -2.63. The zero-order valence-corrected chi connectivity index (χ0v) is 13.5. The fourth-order valence-corrected chi connectivity index (χ4v) is 4.37. The number of rotatable bonds is 6. The molecule has 0 aromatic heterocycles. The van der Waals surface area contributed by atoms with E-state index in [0.29, 0.717) is 17.5 Å². The molecule has 98 valence electrons. The summed E-state index contributed by atoms with van der Waals surface area (Å²) in [6.07, 6.45) is 0. The Morgan fingerprint density at radius 3 is 1.62 bits per heavy atom. The molecule has 0 amide bonds. The summed E-state index contributed by atoms with van der Waals surface area (Å²) < 4.78 is 2.49. The zero-order valence-electron chi connectivity index (χ0n) is 12.4. The first kappa shape index (κ1) is 16.1. The van der Waals surface area contributed by atoms with Crippen molar-refractivity contribution in [2.75, 3.05) is 13.6 Å². The fraction of sp³-hybridized carbons (Fsp3) is 1.00. The molecule has 0 unspecified atom stereocenters. The molecule has 0 aliphatic rings. The maximum Gasteiger partial charge on any atom is 0.267 e. The van der Waals surface area contributed by atoms with Crippen LogP contribution in [0.25, 0.3) is 0 Å². The van der Waals surface area contributed by atoms with E-state index in [2.05, 4.69) is 70.0 Å². The van der Waals surface area contributed by atoms with Gasteiger partial charge in [0.15, 0.2) is 0 Å². The molecule has 0 heterocycles. The Hall–Kier alpha value is 0.0969. The van der Waals surface area contributed by atoms with Crippen molar-refractivity contribution in [2.45, 2.75) is 60.5 Å². The van der Waals surface area contributed by atoms with Crippen molar-refractivity contribution >= 4 is 9.28 Å². The number of nitrogens with zero attached hydrogens (tertiary/aromatic N) is 1. The average molecular weight is 245 g/mol. The van der Waals surface area contributed by atoms with Crippen molar-refractivity contribution in [1.82, 2.24) is 14.5 Å². The maximum absolute atomic E-state index is 3.69. The lowest BCUT2D eigenvalue weighted by Gasteiger charge is -2.35. The van der Waals surface area contributed by atoms with Gasteiger partial charge in [0.1, 0.15) is 0 Å². The quantitative estimate of drug-likeness (QED) is 0.697. The Labute approximate surface area is 104 Å². The zero-order chi connectivity index (χ0) is 12.9. The van der Waals surface area contributed by atoms with Gasteiger partial charge in [0.2, 0.25) is 0 Å². The van der Waals surface area contributed by atoms with Crippen LogP contribution in [0.2, 0.25) is 0 Å². The van der Waals surface area contributed by atoms with E-state index in [9.17, 15) is 0 Å². The van der Waals surface area contributed by atoms with Crippen molar-refractivity contribution < 1.29 is 0 Å². The van der Waals surface area contributed by atoms with Crippen LogP contribution in [0, 0.1) is 5.41 Å². The molecule has 0 aliphatic carbocycles. The molecule has 0 aromatic carbocycles. The summed E-state index contributed by atoms with van der Waals surface area (Å²) in [6.45, 7) is 16.9. The molecule has 0 aromatic rings. The van der Waals surface area contributed by atoms with Gasteiger partial charge in [0, 0.05) is 0 Å². The van der Waals surface area contributed by atoms with Gasteiger partial charge in [-0.3, -0.25) is 0 Å². The minimum absolute atomic E-state index is 0.358. The first-order valence-corrected chi connectivity index (χ1v) is 8.01. The molecule has 0 fully saturated rings. The van der Waals surface area contributed by atoms with Crippen LogP contribution in [-0.4, -0.2) is 39.5 Å². The maximum atomic E-state index is 3.69. The summed E-state index contributed by atoms with van der Waals surface area (Å²) in [5, 5.41) is 0. The van der Waals surface area contributed by atoms with Crippen LogP contribution < -0.4 is 9.96 Å². The van der Waals surface area contributed by atoms with Crippen LogP contribution in [0.4, 0.5) is 0 Å². The Bertz CT molecular complexity index is 177. The second-order valence-corrected chi connectivity index (χ2v) is 8.87. The molecular weight excluding hydrogens is 214 g/mol. The second-order valence-electron chi connectivity index (χ2n) is 6.52. The summed E-state index contributed by atoms with van der Waals surface area (Å²) in [4.78, 5) is 7.37. The van der Waals surface area contributed by atoms with E-state index in [-0.39, 0.29) is 0 Å². The summed E-state index contributed by atoms with van der Waals surface area (Å²) in [5.74, 6) is 0. The first-order valence-electron chi connectivity index (χ1n) is 6.34. The van der Waals surface area contributed by atoms with E-state index in [4.69, 9.17) is 0 Å². The topological polar surface area (TPSA) is 27.3 Å². The third kappa shape index (κ3) is 8.27. The summed E-state index contributed by atoms with van der Waals surface area (Å²) in [7, 11) is 1.02. The Morgan fingerprint density at radius 1 is 1.00 bits per heavy atom. The molecule has 0 spiro atoms. The standard InChI is InChI=1S/C12H31N3Si/c1-10(2)13-16(14-11(3)4)15(8)9-12(5,6)7/h10-11,13-14,16H,9H2,1-8H3. The Balaban J connectivity index is 4.37. The van der Waals surface area contributed by atoms with Crippen LogP contribution in [0.1, 0.15) is 48.5 Å². The van der Waals surface area contributed by atoms with Gasteiger partial charge in [-0.25, -0.2) is 0 Å². The van der Waals surface area contributed by atoms with Gasteiger partial charge in [-0.15, -0.1) is 0 Å². The highest BCUT2D eigenvalue weighted by atomic mass is 28.3. The van der Waals surface area contributed by atoms with E-state index >= 15 is 0 Å². The average Bonchev–Trinajstić information content (AvgIpc) is 1.97. The van der Waals surface area contributed by atoms with E-state index in [1.54, 1.807) is 0 Å². The lowest BCUT2D eigenvalue weighted by atomic mass is 9.97. The van der Waals surface area contributed by atoms with Crippen molar-refractivity contribution in [3.63, 3.8) is 0 Å². The smallest absolute Gasteiger partial charge is 0.267 e. The summed E-state index contributed by atoms with van der Waals surface area (Å²) in [5.41, 5.74) is 0.358. The molecule has 0 bridgehead atoms. The number of nitrogens with one attached hydrogen (secondary N) is 2. The molecule has 16 heavy (non-hydrogen) atoms. The molecule has 0 saturated heterocycles. The Kier molecular flexibility index (Phi) is 6.78. The van der Waals surface area contributed by atoms with Crippen molar-refractivity contribution in [3.8, 4) is 0 Å². The third-order valence-corrected chi connectivity index (χ3v) is 5.18. The first-order chi connectivity index (χ1) is 7.11. The van der Waals surface area contributed by atoms with E-state index in [1.165, 1.54) is 0 Å². The van der Waals surface area contributed by atoms with Crippen LogP contribution in [0.5, 0.6) is 0 Å². The molecule has 4 heteroatoms. The molecule has 3 nitrogen and oxygen atoms in total. The highest BCUT2D eigenvalue weighted by molar-refractivity contribution is 6.50. The summed E-state index contributed by atoms with van der Waals surface area (Å²) >= 11 is 0. The summed E-state index contributed by atoms with van der Waals surface area (Å²) in [6, 6.07) is 1.09. The van der Waals surface area contributed by atoms with Crippen LogP contribution >= 0.6 is 0 Å². The number of hydrogen-bond donors (Lipinski definition) is 2. The van der Waals surface area contributed by atoms with Crippen LogP contribution in [0.15, 0.2) is 0 Å². The number of hydrogen-bond acceptors (Lipinski definition) is 3. The largest absolute Gasteiger partial charge is 0.313 e. The SMILES string of the molecule is CC(C)N[SiH](NC(C)C)N(C)CC(C)(C)C. The molecule has 0 radical (unpaired) electrons. The molecular formula is C12H31N3Si. The fourth-order valence-electron chi connectivity index (χ4n) is 1.77. The van der Waals surface area contributed by atoms with E-state index in [0.717, 1.165) is 6.54 Å². The highest BCUT2D eigenvalue weighted by Gasteiger charge is 2.23. The van der Waals surface area contributed by atoms with Gasteiger partial charge >= 0.3 is 0 Å². The van der Waals surface area contributed by atoms with Crippen molar-refractivity contribution in [1.29, 1.82) is 0 Å². The van der Waals surface area contributed by atoms with E-state index in [1.807, 2.05) is 0 Å². The molecule has 0 saturated carbocycles. The van der Waals surface area contributed by atoms with E-state index < -0.39 is 9.28 Å². The Morgan fingerprint density at radius 2 is 1.38 bits per heavy atom. The lowest BCUT2D eigenvalue weighted by molar-refractivity contribution is 0.302. The monoisotopic (exact) mass is 245 g/mol. The minimum atomic E-state index is -1.21. The van der Waals surface area contributed by atoms with Gasteiger partial charge in [-0.2, -0.15) is 0 Å². The molecule has 0 aliphatic heterocycles. The predicted molar refractivity (Wildman–Crippen MR) is 75.8 cm³/mol. The van der Waals surface area contributed by atoms with Crippen LogP contribution in [-0.2, 0) is 0 Å². The highest BCUT2D eigenvalue weighted by Crippen LogP contribution is 2.14.